The molecule has 1 aliphatic heterocycles. The van der Waals surface area contributed by atoms with Gasteiger partial charge in [0.1, 0.15) is 0 Å². The van der Waals surface area contributed by atoms with E-state index in [-0.39, 0.29) is 18.4 Å². The summed E-state index contributed by atoms with van der Waals surface area (Å²) < 4.78 is 28.6. The number of carbonyl (C=O) groups is 1. The van der Waals surface area contributed by atoms with Gasteiger partial charge >= 0.3 is 0 Å². The van der Waals surface area contributed by atoms with Crippen LogP contribution in [0.3, 0.4) is 0 Å². The monoisotopic (exact) mass is 493 g/mol. The van der Waals surface area contributed by atoms with Crippen molar-refractivity contribution in [2.45, 2.75) is 63.2 Å². The van der Waals surface area contributed by atoms with Crippen LogP contribution >= 0.6 is 0 Å². The number of nitrogens with one attached hydrogen (secondary N) is 2. The molecule has 0 radical (unpaired) electrons. The number of nitrogens with zero attached hydrogens (tertiary/aromatic N) is 1. The van der Waals surface area contributed by atoms with E-state index in [1.54, 1.807) is 6.07 Å². The molecule has 1 fully saturated rings. The lowest BCUT2D eigenvalue weighted by Gasteiger charge is -2.31. The molecule has 0 unspecified atom stereocenters. The molecule has 0 bridgehead atoms. The molecule has 2 heterocycles. The number of aromatic nitrogens is 1. The first-order valence-corrected chi connectivity index (χ1v) is 14.3. The first-order chi connectivity index (χ1) is 16.9. The van der Waals surface area contributed by atoms with Gasteiger partial charge in [-0.25, -0.2) is 8.42 Å². The average Bonchev–Trinajstić information content (AvgIpc) is 3.04. The number of benzene rings is 2. The van der Waals surface area contributed by atoms with Gasteiger partial charge in [0.2, 0.25) is 15.9 Å². The van der Waals surface area contributed by atoms with E-state index in [1.165, 1.54) is 39.5 Å². The van der Waals surface area contributed by atoms with Crippen LogP contribution in [0.1, 0.15) is 54.5 Å². The molecule has 2 N–H and O–H groups in total. The molecule has 1 saturated heterocycles. The van der Waals surface area contributed by atoms with E-state index in [0.717, 1.165) is 36.6 Å². The maximum absolute atomic E-state index is 13.6. The number of H-pyrrole nitrogens is 1. The molecule has 0 spiro atoms. The van der Waals surface area contributed by atoms with Crippen LogP contribution in [-0.2, 0) is 34.1 Å². The summed E-state index contributed by atoms with van der Waals surface area (Å²) in [7, 11) is -3.66. The van der Waals surface area contributed by atoms with E-state index >= 15 is 0 Å². The third-order valence-electron chi connectivity index (χ3n) is 7.55. The number of aromatic amines is 1. The molecule has 35 heavy (non-hydrogen) atoms. The van der Waals surface area contributed by atoms with E-state index in [0.29, 0.717) is 30.8 Å². The molecule has 7 heteroatoms. The standard InChI is InChI=1S/C28H35N3O3S/c1-20-9-11-21(12-10-20)15-16-29-28(32)22-6-5-17-31(19-22)35(33,34)23-13-14-27-25(18-23)24-7-3-2-4-8-26(24)30-27/h9-14,18,22,30H,2-8,15-17,19H2,1H3,(H,29,32)/t22-/m0/s1. The fraction of sp³-hybridized carbons (Fsp3) is 0.464. The van der Waals surface area contributed by atoms with Gasteiger partial charge in [0, 0.05) is 36.2 Å². The largest absolute Gasteiger partial charge is 0.358 e. The average molecular weight is 494 g/mol. The number of sulfonamides is 1. The van der Waals surface area contributed by atoms with Crippen molar-refractivity contribution >= 4 is 26.8 Å². The summed E-state index contributed by atoms with van der Waals surface area (Å²) in [6, 6.07) is 13.8. The Bertz CT molecular complexity index is 1310. The molecule has 0 saturated carbocycles. The minimum atomic E-state index is -3.66. The molecule has 186 valence electrons. The zero-order chi connectivity index (χ0) is 24.4. The highest BCUT2D eigenvalue weighted by Crippen LogP contribution is 2.32. The topological polar surface area (TPSA) is 82.3 Å². The van der Waals surface area contributed by atoms with E-state index in [4.69, 9.17) is 0 Å². The normalized spacial score (nSPS) is 19.3. The molecule has 1 atom stereocenters. The van der Waals surface area contributed by atoms with Gasteiger partial charge in [-0.3, -0.25) is 4.79 Å². The van der Waals surface area contributed by atoms with Crippen LogP contribution in [-0.4, -0.2) is 43.2 Å². The van der Waals surface area contributed by atoms with E-state index < -0.39 is 10.0 Å². The summed E-state index contributed by atoms with van der Waals surface area (Å²) in [6.07, 6.45) is 7.72. The highest BCUT2D eigenvalue weighted by Gasteiger charge is 2.33. The van der Waals surface area contributed by atoms with E-state index in [9.17, 15) is 13.2 Å². The predicted octanol–water partition coefficient (Wildman–Crippen LogP) is 4.50. The number of piperidine rings is 1. The van der Waals surface area contributed by atoms with Gasteiger partial charge in [-0.1, -0.05) is 36.2 Å². The highest BCUT2D eigenvalue weighted by atomic mass is 32.2. The van der Waals surface area contributed by atoms with E-state index in [2.05, 4.69) is 41.5 Å². The molecular formula is C28H35N3O3S. The number of aryl methyl sites for hydroxylation is 3. The number of amides is 1. The fourth-order valence-electron chi connectivity index (χ4n) is 5.48. The lowest BCUT2D eigenvalue weighted by molar-refractivity contribution is -0.126. The van der Waals surface area contributed by atoms with Crippen LogP contribution in [0.4, 0.5) is 0 Å². The smallest absolute Gasteiger partial charge is 0.243 e. The Morgan fingerprint density at radius 3 is 2.69 bits per heavy atom. The molecule has 2 aliphatic rings. The van der Waals surface area contributed by atoms with Crippen LogP contribution in [0.15, 0.2) is 47.4 Å². The first-order valence-electron chi connectivity index (χ1n) is 12.9. The summed E-state index contributed by atoms with van der Waals surface area (Å²) in [5.74, 6) is -0.368. The van der Waals surface area contributed by atoms with Crippen LogP contribution < -0.4 is 5.32 Å². The maximum Gasteiger partial charge on any atom is 0.243 e. The third-order valence-corrected chi connectivity index (χ3v) is 9.41. The van der Waals surface area contributed by atoms with Gasteiger partial charge in [-0.2, -0.15) is 4.31 Å². The van der Waals surface area contributed by atoms with Crippen molar-refractivity contribution in [1.29, 1.82) is 0 Å². The van der Waals surface area contributed by atoms with Crippen molar-refractivity contribution in [2.24, 2.45) is 5.92 Å². The third kappa shape index (κ3) is 5.16. The Labute approximate surface area is 208 Å². The minimum absolute atomic E-state index is 0.0524. The highest BCUT2D eigenvalue weighted by molar-refractivity contribution is 7.89. The summed E-state index contributed by atoms with van der Waals surface area (Å²) in [5.41, 5.74) is 5.95. The Morgan fingerprint density at radius 1 is 1.06 bits per heavy atom. The number of hydrogen-bond donors (Lipinski definition) is 2. The van der Waals surface area contributed by atoms with Crippen LogP contribution in [0.2, 0.25) is 0 Å². The molecule has 1 aliphatic carbocycles. The van der Waals surface area contributed by atoms with Gasteiger partial charge < -0.3 is 10.3 Å². The summed E-state index contributed by atoms with van der Waals surface area (Å²) in [6.45, 7) is 3.31. The maximum atomic E-state index is 13.6. The SMILES string of the molecule is Cc1ccc(CCNC(=O)[C@H]2CCCN(S(=O)(=O)c3ccc4[nH]c5c(c4c3)CCCCC5)C2)cc1. The molecule has 3 aromatic rings. The Kier molecular flexibility index (Phi) is 6.98. The van der Waals surface area contributed by atoms with Gasteiger partial charge in [0.25, 0.3) is 0 Å². The zero-order valence-corrected chi connectivity index (χ0v) is 21.3. The Hall–Kier alpha value is -2.64. The Morgan fingerprint density at radius 2 is 1.86 bits per heavy atom. The van der Waals surface area contributed by atoms with Gasteiger partial charge in [-0.15, -0.1) is 0 Å². The second kappa shape index (κ2) is 10.2. The summed E-state index contributed by atoms with van der Waals surface area (Å²) in [4.78, 5) is 16.7. The molecule has 1 aromatic heterocycles. The number of rotatable bonds is 6. The van der Waals surface area contributed by atoms with Crippen molar-refractivity contribution in [3.63, 3.8) is 0 Å². The van der Waals surface area contributed by atoms with Crippen molar-refractivity contribution < 1.29 is 13.2 Å². The lowest BCUT2D eigenvalue weighted by Crippen LogP contribution is -2.45. The van der Waals surface area contributed by atoms with Crippen LogP contribution in [0.5, 0.6) is 0 Å². The van der Waals surface area contributed by atoms with Gasteiger partial charge in [0.15, 0.2) is 0 Å². The molecule has 2 aromatic carbocycles. The van der Waals surface area contributed by atoms with Crippen molar-refractivity contribution in [1.82, 2.24) is 14.6 Å². The molecule has 1 amide bonds. The van der Waals surface area contributed by atoms with Crippen molar-refractivity contribution in [3.8, 4) is 0 Å². The quantitative estimate of drug-likeness (QED) is 0.496. The Balaban J connectivity index is 1.26. The zero-order valence-electron chi connectivity index (χ0n) is 20.5. The first kappa shape index (κ1) is 24.1. The van der Waals surface area contributed by atoms with Gasteiger partial charge in [-0.05, 0) is 81.2 Å². The number of carbonyl (C=O) groups excluding carboxylic acids is 1. The second-order valence-electron chi connectivity index (χ2n) is 10.1. The number of fused-ring (bicyclic) bond motifs is 3. The van der Waals surface area contributed by atoms with Crippen molar-refractivity contribution in [3.05, 3.63) is 64.8 Å². The molecular weight excluding hydrogens is 458 g/mol. The lowest BCUT2D eigenvalue weighted by atomic mass is 9.98. The van der Waals surface area contributed by atoms with Crippen molar-refractivity contribution in [2.75, 3.05) is 19.6 Å². The predicted molar refractivity (Wildman–Crippen MR) is 139 cm³/mol. The summed E-state index contributed by atoms with van der Waals surface area (Å²) in [5, 5.41) is 4.06. The van der Waals surface area contributed by atoms with E-state index in [1.807, 2.05) is 12.1 Å². The number of hydrogen-bond acceptors (Lipinski definition) is 3. The molecule has 6 nitrogen and oxygen atoms in total. The van der Waals surface area contributed by atoms with Crippen LogP contribution in [0.25, 0.3) is 10.9 Å². The minimum Gasteiger partial charge on any atom is -0.358 e. The van der Waals surface area contributed by atoms with Crippen LogP contribution in [0, 0.1) is 12.8 Å². The second-order valence-corrected chi connectivity index (χ2v) is 12.0. The fourth-order valence-corrected chi connectivity index (χ4v) is 7.03. The summed E-state index contributed by atoms with van der Waals surface area (Å²) >= 11 is 0. The molecule has 5 rings (SSSR count). The van der Waals surface area contributed by atoms with Gasteiger partial charge in [0.05, 0.1) is 10.8 Å².